The summed E-state index contributed by atoms with van der Waals surface area (Å²) in [6.07, 6.45) is 3.38. The summed E-state index contributed by atoms with van der Waals surface area (Å²) >= 11 is 12.1. The van der Waals surface area contributed by atoms with Crippen LogP contribution in [0.25, 0.3) is 0 Å². The summed E-state index contributed by atoms with van der Waals surface area (Å²) in [7, 11) is 0. The summed E-state index contributed by atoms with van der Waals surface area (Å²) in [6.45, 7) is 2.42. The molecule has 3 rings (SSSR count). The molecular weight excluding hydrogens is 507 g/mol. The van der Waals surface area contributed by atoms with Crippen LogP contribution in [-0.4, -0.2) is 54.6 Å². The summed E-state index contributed by atoms with van der Waals surface area (Å²) in [5.41, 5.74) is 0.766. The molecular formula is C25H32Cl2N4O5. The first kappa shape index (κ1) is 27.9. The molecule has 2 fully saturated rings. The molecule has 0 aromatic heterocycles. The summed E-state index contributed by atoms with van der Waals surface area (Å²) in [5.74, 6) is -2.87. The van der Waals surface area contributed by atoms with Gasteiger partial charge in [0, 0.05) is 35.5 Å². The standard InChI is InChI=1S/C25H32Cl2N4O5/c1-2-28-25(36)22(33)19(12-16-9-10-29-23(16)34)31-24(35)20(11-14-3-4-14)30-21(32)8-6-15-5-7-17(26)13-18(15)27/h5,7,13-14,16,19-20H,2-4,6,8-12H2,1H3,(H,28,36)(H,29,34)(H,30,32)(H,31,35)/t16-,19?,20-/m0/s1. The molecule has 2 aliphatic rings. The van der Waals surface area contributed by atoms with E-state index in [0.29, 0.717) is 41.8 Å². The minimum absolute atomic E-state index is 0.0205. The van der Waals surface area contributed by atoms with Gasteiger partial charge in [-0.15, -0.1) is 0 Å². The van der Waals surface area contributed by atoms with Gasteiger partial charge in [0.1, 0.15) is 6.04 Å². The molecule has 1 heterocycles. The molecule has 1 unspecified atom stereocenters. The Bertz CT molecular complexity index is 1010. The van der Waals surface area contributed by atoms with Gasteiger partial charge in [0.15, 0.2) is 0 Å². The van der Waals surface area contributed by atoms with Gasteiger partial charge in [0.05, 0.1) is 6.04 Å². The van der Waals surface area contributed by atoms with Crippen molar-refractivity contribution in [3.63, 3.8) is 0 Å². The van der Waals surface area contributed by atoms with Crippen molar-refractivity contribution in [2.45, 2.75) is 64.0 Å². The summed E-state index contributed by atoms with van der Waals surface area (Å²) in [6, 6.07) is 3.04. The molecule has 1 aliphatic heterocycles. The average Bonchev–Trinajstić information content (AvgIpc) is 3.56. The van der Waals surface area contributed by atoms with Crippen molar-refractivity contribution in [2.75, 3.05) is 13.1 Å². The second kappa shape index (κ2) is 13.1. The van der Waals surface area contributed by atoms with Crippen LogP contribution in [0.2, 0.25) is 10.0 Å². The summed E-state index contributed by atoms with van der Waals surface area (Å²) in [4.78, 5) is 63.0. The third kappa shape index (κ3) is 8.20. The van der Waals surface area contributed by atoms with E-state index >= 15 is 0 Å². The third-order valence-corrected chi connectivity index (χ3v) is 7.02. The van der Waals surface area contributed by atoms with Crippen LogP contribution in [0.4, 0.5) is 0 Å². The van der Waals surface area contributed by atoms with Gasteiger partial charge in [-0.05, 0) is 56.2 Å². The van der Waals surface area contributed by atoms with E-state index in [9.17, 15) is 24.0 Å². The van der Waals surface area contributed by atoms with E-state index in [1.807, 2.05) is 0 Å². The van der Waals surface area contributed by atoms with Crippen LogP contribution in [0.1, 0.15) is 51.0 Å². The number of rotatable bonds is 13. The lowest BCUT2D eigenvalue weighted by Gasteiger charge is -2.24. The van der Waals surface area contributed by atoms with Gasteiger partial charge in [-0.1, -0.05) is 42.1 Å². The lowest BCUT2D eigenvalue weighted by molar-refractivity contribution is -0.141. The zero-order chi connectivity index (χ0) is 26.2. The monoisotopic (exact) mass is 538 g/mol. The minimum Gasteiger partial charge on any atom is -0.356 e. The quantitative estimate of drug-likeness (QED) is 0.285. The number of benzene rings is 1. The Morgan fingerprint density at radius 3 is 2.42 bits per heavy atom. The fourth-order valence-electron chi connectivity index (χ4n) is 4.22. The molecule has 3 atom stereocenters. The van der Waals surface area contributed by atoms with Crippen LogP contribution in [0.5, 0.6) is 0 Å². The highest BCUT2D eigenvalue weighted by molar-refractivity contribution is 6.38. The van der Waals surface area contributed by atoms with Gasteiger partial charge in [0.2, 0.25) is 23.5 Å². The Balaban J connectivity index is 1.65. The van der Waals surface area contributed by atoms with E-state index in [4.69, 9.17) is 23.2 Å². The van der Waals surface area contributed by atoms with E-state index in [1.165, 1.54) is 0 Å². The molecule has 1 aliphatic carbocycles. The van der Waals surface area contributed by atoms with Crippen LogP contribution in [0.3, 0.4) is 0 Å². The van der Waals surface area contributed by atoms with Crippen LogP contribution in [0.15, 0.2) is 18.2 Å². The second-order valence-corrected chi connectivity index (χ2v) is 10.2. The molecule has 4 N–H and O–H groups in total. The fraction of sp³-hybridized carbons (Fsp3) is 0.560. The number of likely N-dealkylation sites (N-methyl/N-ethyl adjacent to an activating group) is 1. The van der Waals surface area contributed by atoms with Gasteiger partial charge < -0.3 is 21.3 Å². The highest BCUT2D eigenvalue weighted by atomic mass is 35.5. The third-order valence-electron chi connectivity index (χ3n) is 6.43. The van der Waals surface area contributed by atoms with Gasteiger partial charge in [0.25, 0.3) is 5.91 Å². The zero-order valence-electron chi connectivity index (χ0n) is 20.2. The molecule has 9 nitrogen and oxygen atoms in total. The van der Waals surface area contributed by atoms with Crippen LogP contribution in [-0.2, 0) is 30.4 Å². The molecule has 0 radical (unpaired) electrons. The van der Waals surface area contributed by atoms with E-state index < -0.39 is 35.6 Å². The number of Topliss-reactive ketones (excluding diaryl/α,β-unsaturated/α-hetero) is 1. The lowest BCUT2D eigenvalue weighted by Crippen LogP contribution is -2.54. The van der Waals surface area contributed by atoms with Gasteiger partial charge >= 0.3 is 0 Å². The SMILES string of the molecule is CCNC(=O)C(=O)C(C[C@@H]1CCNC1=O)NC(=O)[C@H](CC1CC1)NC(=O)CCc1ccc(Cl)cc1Cl. The molecule has 0 spiro atoms. The molecule has 11 heteroatoms. The highest BCUT2D eigenvalue weighted by Gasteiger charge is 2.36. The maximum absolute atomic E-state index is 13.2. The Morgan fingerprint density at radius 2 is 1.81 bits per heavy atom. The van der Waals surface area contributed by atoms with Crippen LogP contribution < -0.4 is 21.3 Å². The van der Waals surface area contributed by atoms with Crippen molar-refractivity contribution < 1.29 is 24.0 Å². The van der Waals surface area contributed by atoms with Crippen molar-refractivity contribution >= 4 is 52.6 Å². The molecule has 1 aromatic carbocycles. The summed E-state index contributed by atoms with van der Waals surface area (Å²) < 4.78 is 0. The molecule has 1 saturated carbocycles. The molecule has 36 heavy (non-hydrogen) atoms. The number of hydrogen-bond donors (Lipinski definition) is 4. The minimum atomic E-state index is -1.16. The largest absolute Gasteiger partial charge is 0.356 e. The molecule has 196 valence electrons. The predicted octanol–water partition coefficient (Wildman–Crippen LogP) is 1.93. The fourth-order valence-corrected chi connectivity index (χ4v) is 4.72. The smallest absolute Gasteiger partial charge is 0.289 e. The van der Waals surface area contributed by atoms with Crippen molar-refractivity contribution in [3.8, 4) is 0 Å². The molecule has 0 bridgehead atoms. The Labute approximate surface area is 220 Å². The number of carbonyl (C=O) groups is 5. The number of nitrogens with one attached hydrogen (secondary N) is 4. The summed E-state index contributed by atoms with van der Waals surface area (Å²) in [5, 5.41) is 11.5. The van der Waals surface area contributed by atoms with E-state index in [1.54, 1.807) is 25.1 Å². The number of hydrogen-bond acceptors (Lipinski definition) is 5. The number of amides is 4. The van der Waals surface area contributed by atoms with Gasteiger partial charge in [-0.25, -0.2) is 0 Å². The van der Waals surface area contributed by atoms with Gasteiger partial charge in [-0.3, -0.25) is 24.0 Å². The normalized spacial score (nSPS) is 18.6. The average molecular weight is 539 g/mol. The molecule has 1 saturated heterocycles. The Morgan fingerprint density at radius 1 is 1.06 bits per heavy atom. The maximum atomic E-state index is 13.2. The Kier molecular flexibility index (Phi) is 10.1. The number of carbonyl (C=O) groups excluding carboxylic acids is 5. The lowest BCUT2D eigenvalue weighted by atomic mass is 9.95. The number of aryl methyl sites for hydroxylation is 1. The van der Waals surface area contributed by atoms with E-state index in [0.717, 1.165) is 18.4 Å². The highest BCUT2D eigenvalue weighted by Crippen LogP contribution is 2.33. The van der Waals surface area contributed by atoms with Gasteiger partial charge in [-0.2, -0.15) is 0 Å². The predicted molar refractivity (Wildman–Crippen MR) is 135 cm³/mol. The van der Waals surface area contributed by atoms with Crippen molar-refractivity contribution in [2.24, 2.45) is 11.8 Å². The first-order valence-corrected chi connectivity index (χ1v) is 13.1. The zero-order valence-corrected chi connectivity index (χ0v) is 21.7. The molecule has 4 amide bonds. The van der Waals surface area contributed by atoms with E-state index in [2.05, 4.69) is 21.3 Å². The maximum Gasteiger partial charge on any atom is 0.289 e. The van der Waals surface area contributed by atoms with Crippen LogP contribution >= 0.6 is 23.2 Å². The van der Waals surface area contributed by atoms with Crippen molar-refractivity contribution in [1.29, 1.82) is 0 Å². The van der Waals surface area contributed by atoms with Crippen molar-refractivity contribution in [1.82, 2.24) is 21.3 Å². The first-order valence-electron chi connectivity index (χ1n) is 12.3. The molecule has 1 aromatic rings. The second-order valence-electron chi connectivity index (χ2n) is 9.33. The van der Waals surface area contributed by atoms with Crippen molar-refractivity contribution in [3.05, 3.63) is 33.8 Å². The topological polar surface area (TPSA) is 133 Å². The van der Waals surface area contributed by atoms with E-state index in [-0.39, 0.29) is 31.2 Å². The van der Waals surface area contributed by atoms with Crippen LogP contribution in [0, 0.1) is 11.8 Å². The first-order chi connectivity index (χ1) is 17.2. The Hall–Kier alpha value is -2.65. The number of ketones is 1. The number of halogens is 2.